The molecular weight excluding hydrogens is 376 g/mol. The number of halogens is 1. The summed E-state index contributed by atoms with van der Waals surface area (Å²) in [5.74, 6) is 0.169. The number of carbonyl (C=O) groups excluding carboxylic acids is 2. The summed E-state index contributed by atoms with van der Waals surface area (Å²) < 4.78 is 16.4. The van der Waals surface area contributed by atoms with Crippen LogP contribution in [0.2, 0.25) is 0 Å². The summed E-state index contributed by atoms with van der Waals surface area (Å²) in [4.78, 5) is 23.8. The SMILES string of the molecule is COCC(=O)Oc1ccc2c(c1)O/C(=C\c1ccc(Br)cc1)C2=O. The summed E-state index contributed by atoms with van der Waals surface area (Å²) in [7, 11) is 1.41. The van der Waals surface area contributed by atoms with Crippen LogP contribution in [0.25, 0.3) is 6.08 Å². The molecule has 2 aromatic carbocycles. The number of esters is 1. The van der Waals surface area contributed by atoms with Crippen molar-refractivity contribution in [1.29, 1.82) is 0 Å². The van der Waals surface area contributed by atoms with E-state index in [0.29, 0.717) is 17.1 Å². The van der Waals surface area contributed by atoms with Crippen molar-refractivity contribution < 1.29 is 23.8 Å². The molecule has 5 nitrogen and oxygen atoms in total. The minimum atomic E-state index is -0.521. The summed E-state index contributed by atoms with van der Waals surface area (Å²) in [6.45, 7) is -0.147. The van der Waals surface area contributed by atoms with Crippen LogP contribution >= 0.6 is 15.9 Å². The van der Waals surface area contributed by atoms with Crippen LogP contribution in [0.3, 0.4) is 0 Å². The number of Topliss-reactive ketones (excluding diaryl/α,β-unsaturated/α-hetero) is 1. The highest BCUT2D eigenvalue weighted by Gasteiger charge is 2.28. The maximum atomic E-state index is 12.4. The lowest BCUT2D eigenvalue weighted by Crippen LogP contribution is -2.14. The van der Waals surface area contributed by atoms with Gasteiger partial charge < -0.3 is 14.2 Å². The maximum absolute atomic E-state index is 12.4. The fourth-order valence-electron chi connectivity index (χ4n) is 2.22. The smallest absolute Gasteiger partial charge is 0.337 e. The van der Waals surface area contributed by atoms with Gasteiger partial charge in [0, 0.05) is 17.6 Å². The van der Waals surface area contributed by atoms with Gasteiger partial charge in [0.15, 0.2) is 5.76 Å². The molecule has 6 heteroatoms. The van der Waals surface area contributed by atoms with E-state index in [9.17, 15) is 9.59 Å². The average Bonchev–Trinajstić information content (AvgIpc) is 2.85. The van der Waals surface area contributed by atoms with Crippen LogP contribution in [-0.2, 0) is 9.53 Å². The third-order valence-corrected chi connectivity index (χ3v) is 3.83. The predicted molar refractivity (Wildman–Crippen MR) is 91.0 cm³/mol. The molecule has 0 saturated heterocycles. The molecule has 0 N–H and O–H groups in total. The minimum Gasteiger partial charge on any atom is -0.452 e. The third-order valence-electron chi connectivity index (χ3n) is 3.30. The Morgan fingerprint density at radius 3 is 2.67 bits per heavy atom. The molecule has 0 atom stereocenters. The van der Waals surface area contributed by atoms with Crippen LogP contribution in [0, 0.1) is 0 Å². The monoisotopic (exact) mass is 388 g/mol. The first-order chi connectivity index (χ1) is 11.6. The maximum Gasteiger partial charge on any atom is 0.337 e. The molecule has 24 heavy (non-hydrogen) atoms. The Hall–Kier alpha value is -2.44. The molecule has 1 aliphatic heterocycles. The molecule has 0 amide bonds. The number of hydrogen-bond donors (Lipinski definition) is 0. The fraction of sp³-hybridized carbons (Fsp3) is 0.111. The molecule has 0 saturated carbocycles. The number of fused-ring (bicyclic) bond motifs is 1. The van der Waals surface area contributed by atoms with Crippen molar-refractivity contribution >= 4 is 33.8 Å². The fourth-order valence-corrected chi connectivity index (χ4v) is 2.48. The Morgan fingerprint density at radius 2 is 1.96 bits per heavy atom. The van der Waals surface area contributed by atoms with E-state index in [-0.39, 0.29) is 18.1 Å². The molecule has 0 aromatic heterocycles. The largest absolute Gasteiger partial charge is 0.452 e. The van der Waals surface area contributed by atoms with Crippen LogP contribution in [-0.4, -0.2) is 25.5 Å². The van der Waals surface area contributed by atoms with E-state index in [1.807, 2.05) is 24.3 Å². The van der Waals surface area contributed by atoms with Crippen molar-refractivity contribution in [1.82, 2.24) is 0 Å². The number of rotatable bonds is 4. The molecule has 0 fully saturated rings. The number of hydrogen-bond acceptors (Lipinski definition) is 5. The number of allylic oxidation sites excluding steroid dienone is 1. The molecule has 1 heterocycles. The van der Waals surface area contributed by atoms with Gasteiger partial charge in [0.2, 0.25) is 5.78 Å². The molecule has 122 valence electrons. The summed E-state index contributed by atoms with van der Waals surface area (Å²) in [5.41, 5.74) is 1.28. The molecule has 0 aliphatic carbocycles. The highest BCUT2D eigenvalue weighted by atomic mass is 79.9. The summed E-state index contributed by atoms with van der Waals surface area (Å²) in [6.07, 6.45) is 1.67. The van der Waals surface area contributed by atoms with Gasteiger partial charge in [-0.2, -0.15) is 0 Å². The van der Waals surface area contributed by atoms with Gasteiger partial charge >= 0.3 is 5.97 Å². The second-order valence-electron chi connectivity index (χ2n) is 5.06. The van der Waals surface area contributed by atoms with Crippen molar-refractivity contribution in [3.63, 3.8) is 0 Å². The lowest BCUT2D eigenvalue weighted by molar-refractivity contribution is -0.138. The molecule has 0 spiro atoms. The third kappa shape index (κ3) is 3.55. The van der Waals surface area contributed by atoms with Crippen LogP contribution < -0.4 is 9.47 Å². The van der Waals surface area contributed by atoms with Crippen molar-refractivity contribution in [2.45, 2.75) is 0 Å². The zero-order chi connectivity index (χ0) is 17.1. The zero-order valence-electron chi connectivity index (χ0n) is 12.7. The van der Waals surface area contributed by atoms with E-state index in [0.717, 1.165) is 10.0 Å². The lowest BCUT2D eigenvalue weighted by Gasteiger charge is -2.04. The van der Waals surface area contributed by atoms with E-state index < -0.39 is 5.97 Å². The first-order valence-corrected chi connectivity index (χ1v) is 7.89. The van der Waals surface area contributed by atoms with E-state index >= 15 is 0 Å². The van der Waals surface area contributed by atoms with Crippen LogP contribution in [0.4, 0.5) is 0 Å². The number of methoxy groups -OCH3 is 1. The minimum absolute atomic E-state index is 0.147. The predicted octanol–water partition coefficient (Wildman–Crippen LogP) is 3.62. The molecule has 3 rings (SSSR count). The van der Waals surface area contributed by atoms with Gasteiger partial charge in [-0.3, -0.25) is 4.79 Å². The Labute approximate surface area is 147 Å². The Morgan fingerprint density at radius 1 is 1.21 bits per heavy atom. The normalized spacial score (nSPS) is 14.4. The zero-order valence-corrected chi connectivity index (χ0v) is 14.3. The molecule has 0 bridgehead atoms. The Balaban J connectivity index is 1.82. The van der Waals surface area contributed by atoms with Gasteiger partial charge in [0.25, 0.3) is 0 Å². The molecule has 0 unspecified atom stereocenters. The van der Waals surface area contributed by atoms with Gasteiger partial charge in [0.05, 0.1) is 5.56 Å². The Kier molecular flexibility index (Phi) is 4.78. The van der Waals surface area contributed by atoms with Gasteiger partial charge in [-0.05, 0) is 35.9 Å². The van der Waals surface area contributed by atoms with E-state index in [1.165, 1.54) is 13.2 Å². The van der Waals surface area contributed by atoms with E-state index in [1.54, 1.807) is 18.2 Å². The van der Waals surface area contributed by atoms with E-state index in [2.05, 4.69) is 15.9 Å². The van der Waals surface area contributed by atoms with E-state index in [4.69, 9.17) is 14.2 Å². The van der Waals surface area contributed by atoms with Gasteiger partial charge in [0.1, 0.15) is 18.1 Å². The number of ether oxygens (including phenoxy) is 3. The van der Waals surface area contributed by atoms with Gasteiger partial charge in [-0.1, -0.05) is 28.1 Å². The second-order valence-corrected chi connectivity index (χ2v) is 5.97. The standard InChI is InChI=1S/C18H13BrO5/c1-22-10-17(20)23-13-6-7-14-15(9-13)24-16(18(14)21)8-11-2-4-12(19)5-3-11/h2-9H,10H2,1H3/b16-8-. The first-order valence-electron chi connectivity index (χ1n) is 7.10. The summed E-state index contributed by atoms with van der Waals surface area (Å²) in [5, 5.41) is 0. The van der Waals surface area contributed by atoms with Crippen LogP contribution in [0.5, 0.6) is 11.5 Å². The van der Waals surface area contributed by atoms with Crippen LogP contribution in [0.1, 0.15) is 15.9 Å². The molecule has 1 aliphatic rings. The Bertz CT molecular complexity index is 824. The lowest BCUT2D eigenvalue weighted by atomic mass is 10.1. The highest BCUT2D eigenvalue weighted by molar-refractivity contribution is 9.10. The van der Waals surface area contributed by atoms with Crippen molar-refractivity contribution in [2.75, 3.05) is 13.7 Å². The average molecular weight is 389 g/mol. The topological polar surface area (TPSA) is 61.8 Å². The number of carbonyl (C=O) groups is 2. The number of benzene rings is 2. The van der Waals surface area contributed by atoms with Crippen molar-refractivity contribution in [3.8, 4) is 11.5 Å². The van der Waals surface area contributed by atoms with Crippen molar-refractivity contribution in [3.05, 3.63) is 63.8 Å². The van der Waals surface area contributed by atoms with Crippen LogP contribution in [0.15, 0.2) is 52.7 Å². The molecular formula is C18H13BrO5. The first kappa shape index (κ1) is 16.4. The highest BCUT2D eigenvalue weighted by Crippen LogP contribution is 2.35. The summed E-state index contributed by atoms with van der Waals surface area (Å²) >= 11 is 3.36. The number of ketones is 1. The molecule has 0 radical (unpaired) electrons. The summed E-state index contributed by atoms with van der Waals surface area (Å²) in [6, 6.07) is 12.1. The van der Waals surface area contributed by atoms with Gasteiger partial charge in [-0.25, -0.2) is 4.79 Å². The quantitative estimate of drug-likeness (QED) is 0.454. The van der Waals surface area contributed by atoms with Crippen molar-refractivity contribution in [2.24, 2.45) is 0 Å². The molecule has 2 aromatic rings. The van der Waals surface area contributed by atoms with Gasteiger partial charge in [-0.15, -0.1) is 0 Å². The second kappa shape index (κ2) is 6.98.